The standard InChI is InChI=1S/C8H8O2S/c1-11-8-4-2-7(3-5-8)10-6-9/h2-6H,1H3. The van der Waals surface area contributed by atoms with Crippen LogP contribution in [0.3, 0.4) is 0 Å². The molecule has 0 unspecified atom stereocenters. The van der Waals surface area contributed by atoms with Gasteiger partial charge in [0.25, 0.3) is 6.47 Å². The number of benzene rings is 1. The van der Waals surface area contributed by atoms with Gasteiger partial charge in [0.15, 0.2) is 0 Å². The van der Waals surface area contributed by atoms with Crippen LogP contribution >= 0.6 is 11.8 Å². The number of carbonyl (C=O) groups excluding carboxylic acids is 1. The summed E-state index contributed by atoms with van der Waals surface area (Å²) in [7, 11) is 0. The van der Waals surface area contributed by atoms with Crippen LogP contribution in [0, 0.1) is 0 Å². The van der Waals surface area contributed by atoms with Crippen LogP contribution in [0.4, 0.5) is 0 Å². The van der Waals surface area contributed by atoms with Gasteiger partial charge in [-0.05, 0) is 30.5 Å². The molecule has 58 valence electrons. The van der Waals surface area contributed by atoms with E-state index in [1.165, 1.54) is 0 Å². The summed E-state index contributed by atoms with van der Waals surface area (Å²) in [6, 6.07) is 7.34. The van der Waals surface area contributed by atoms with Crippen LogP contribution in [0.2, 0.25) is 0 Å². The maximum absolute atomic E-state index is 9.90. The molecule has 0 radical (unpaired) electrons. The van der Waals surface area contributed by atoms with Gasteiger partial charge in [-0.25, -0.2) is 0 Å². The molecule has 0 saturated carbocycles. The Labute approximate surface area is 69.6 Å². The Kier molecular flexibility index (Phi) is 2.98. The normalized spacial score (nSPS) is 9.18. The van der Waals surface area contributed by atoms with Gasteiger partial charge in [-0.1, -0.05) is 0 Å². The predicted molar refractivity (Wildman–Crippen MR) is 44.9 cm³/mol. The lowest BCUT2D eigenvalue weighted by atomic mass is 10.3. The maximum atomic E-state index is 9.90. The zero-order valence-corrected chi connectivity index (χ0v) is 6.93. The van der Waals surface area contributed by atoms with Crippen LogP contribution in [0.1, 0.15) is 0 Å². The minimum Gasteiger partial charge on any atom is -0.429 e. The zero-order chi connectivity index (χ0) is 8.10. The summed E-state index contributed by atoms with van der Waals surface area (Å²) in [6.45, 7) is 0.425. The van der Waals surface area contributed by atoms with Gasteiger partial charge in [0.05, 0.1) is 0 Å². The van der Waals surface area contributed by atoms with E-state index in [4.69, 9.17) is 0 Å². The second kappa shape index (κ2) is 4.03. The van der Waals surface area contributed by atoms with Crippen molar-refractivity contribution in [2.75, 3.05) is 6.26 Å². The van der Waals surface area contributed by atoms with Crippen LogP contribution in [-0.4, -0.2) is 12.7 Å². The number of carbonyl (C=O) groups is 1. The lowest BCUT2D eigenvalue weighted by Crippen LogP contribution is -1.86. The van der Waals surface area contributed by atoms with Crippen molar-refractivity contribution >= 4 is 18.2 Å². The Morgan fingerprint density at radius 1 is 1.36 bits per heavy atom. The topological polar surface area (TPSA) is 26.3 Å². The van der Waals surface area contributed by atoms with Gasteiger partial charge < -0.3 is 4.74 Å². The molecular formula is C8H8O2S. The van der Waals surface area contributed by atoms with Crippen molar-refractivity contribution < 1.29 is 9.53 Å². The maximum Gasteiger partial charge on any atom is 0.298 e. The quantitative estimate of drug-likeness (QED) is 0.509. The van der Waals surface area contributed by atoms with Gasteiger partial charge in [-0.15, -0.1) is 11.8 Å². The average Bonchev–Trinajstić information content (AvgIpc) is 2.07. The molecule has 0 aliphatic rings. The van der Waals surface area contributed by atoms with E-state index < -0.39 is 0 Å². The number of thioether (sulfide) groups is 1. The van der Waals surface area contributed by atoms with Crippen molar-refractivity contribution in [3.63, 3.8) is 0 Å². The summed E-state index contributed by atoms with van der Waals surface area (Å²) in [5.74, 6) is 0.581. The van der Waals surface area contributed by atoms with Crippen LogP contribution in [-0.2, 0) is 4.79 Å². The first kappa shape index (κ1) is 8.14. The van der Waals surface area contributed by atoms with Crippen LogP contribution in [0.5, 0.6) is 5.75 Å². The highest BCUT2D eigenvalue weighted by atomic mass is 32.2. The third kappa shape index (κ3) is 2.27. The average molecular weight is 168 g/mol. The van der Waals surface area contributed by atoms with E-state index in [0.29, 0.717) is 12.2 Å². The number of hydrogen-bond acceptors (Lipinski definition) is 3. The number of ether oxygens (including phenoxy) is 1. The molecule has 0 aliphatic carbocycles. The molecule has 0 aliphatic heterocycles. The molecule has 0 saturated heterocycles. The van der Waals surface area contributed by atoms with Crippen LogP contribution < -0.4 is 4.74 Å². The summed E-state index contributed by atoms with van der Waals surface area (Å²) >= 11 is 1.65. The van der Waals surface area contributed by atoms with Crippen LogP contribution in [0.15, 0.2) is 29.2 Å². The molecule has 0 spiro atoms. The molecule has 0 N–H and O–H groups in total. The molecular weight excluding hydrogens is 160 g/mol. The summed E-state index contributed by atoms with van der Waals surface area (Å²) < 4.78 is 4.62. The van der Waals surface area contributed by atoms with E-state index >= 15 is 0 Å². The van der Waals surface area contributed by atoms with Gasteiger partial charge in [0.2, 0.25) is 0 Å². The monoisotopic (exact) mass is 168 g/mol. The molecule has 1 aromatic carbocycles. The minimum atomic E-state index is 0.425. The van der Waals surface area contributed by atoms with Crippen LogP contribution in [0.25, 0.3) is 0 Å². The highest BCUT2D eigenvalue weighted by molar-refractivity contribution is 7.98. The fraction of sp³-hybridized carbons (Fsp3) is 0.125. The molecule has 0 fully saturated rings. The number of rotatable bonds is 3. The second-order valence-electron chi connectivity index (χ2n) is 1.89. The fourth-order valence-corrected chi connectivity index (χ4v) is 1.12. The van der Waals surface area contributed by atoms with Gasteiger partial charge >= 0.3 is 0 Å². The summed E-state index contributed by atoms with van der Waals surface area (Å²) in [6.07, 6.45) is 2.00. The van der Waals surface area contributed by atoms with E-state index in [2.05, 4.69) is 4.74 Å². The van der Waals surface area contributed by atoms with Gasteiger partial charge in [-0.3, -0.25) is 4.79 Å². The molecule has 0 bridgehead atoms. The van der Waals surface area contributed by atoms with Crippen molar-refractivity contribution in [3.05, 3.63) is 24.3 Å². The smallest absolute Gasteiger partial charge is 0.298 e. The highest BCUT2D eigenvalue weighted by Gasteiger charge is 1.91. The first-order valence-corrected chi connectivity index (χ1v) is 4.33. The Bertz CT molecular complexity index is 230. The SMILES string of the molecule is CSc1ccc(OC=O)cc1. The van der Waals surface area contributed by atoms with E-state index in [-0.39, 0.29) is 0 Å². The third-order valence-corrected chi connectivity index (χ3v) is 1.99. The van der Waals surface area contributed by atoms with Gasteiger partial charge in [0, 0.05) is 4.90 Å². The summed E-state index contributed by atoms with van der Waals surface area (Å²) in [5.41, 5.74) is 0. The van der Waals surface area contributed by atoms with Crippen molar-refractivity contribution in [1.29, 1.82) is 0 Å². The molecule has 2 nitrogen and oxygen atoms in total. The van der Waals surface area contributed by atoms with E-state index in [1.807, 2.05) is 18.4 Å². The lowest BCUT2D eigenvalue weighted by Gasteiger charge is -1.97. The van der Waals surface area contributed by atoms with Crippen molar-refractivity contribution in [2.24, 2.45) is 0 Å². The van der Waals surface area contributed by atoms with E-state index in [0.717, 1.165) is 4.90 Å². The third-order valence-electron chi connectivity index (χ3n) is 1.24. The van der Waals surface area contributed by atoms with Crippen molar-refractivity contribution in [2.45, 2.75) is 4.90 Å². The summed E-state index contributed by atoms with van der Waals surface area (Å²) in [4.78, 5) is 11.1. The second-order valence-corrected chi connectivity index (χ2v) is 2.77. The molecule has 1 aromatic rings. The Morgan fingerprint density at radius 2 is 2.00 bits per heavy atom. The highest BCUT2D eigenvalue weighted by Crippen LogP contribution is 2.18. The Morgan fingerprint density at radius 3 is 2.45 bits per heavy atom. The van der Waals surface area contributed by atoms with E-state index in [1.54, 1.807) is 23.9 Å². The zero-order valence-electron chi connectivity index (χ0n) is 6.11. The molecule has 0 amide bonds. The number of hydrogen-bond donors (Lipinski definition) is 0. The van der Waals surface area contributed by atoms with Gasteiger partial charge in [0.1, 0.15) is 5.75 Å². The first-order chi connectivity index (χ1) is 5.36. The molecule has 1 rings (SSSR count). The molecule has 0 aromatic heterocycles. The Balaban J connectivity index is 2.74. The predicted octanol–water partition coefficient (Wildman–Crippen LogP) is 1.94. The molecule has 0 atom stereocenters. The minimum absolute atomic E-state index is 0.425. The first-order valence-electron chi connectivity index (χ1n) is 3.11. The molecule has 3 heteroatoms. The lowest BCUT2D eigenvalue weighted by molar-refractivity contribution is -0.120. The largest absolute Gasteiger partial charge is 0.429 e. The van der Waals surface area contributed by atoms with Crippen molar-refractivity contribution in [1.82, 2.24) is 0 Å². The molecule has 11 heavy (non-hydrogen) atoms. The summed E-state index contributed by atoms with van der Waals surface area (Å²) in [5, 5.41) is 0. The van der Waals surface area contributed by atoms with E-state index in [9.17, 15) is 4.79 Å². The fourth-order valence-electron chi connectivity index (χ4n) is 0.710. The molecule has 0 heterocycles. The van der Waals surface area contributed by atoms with Crippen molar-refractivity contribution in [3.8, 4) is 5.75 Å². The van der Waals surface area contributed by atoms with Gasteiger partial charge in [-0.2, -0.15) is 0 Å². The Hall–Kier alpha value is -0.960.